The molecule has 1 aliphatic carbocycles. The average Bonchev–Trinajstić information content (AvgIpc) is 2.49. The van der Waals surface area contributed by atoms with Crippen LogP contribution in [-0.2, 0) is 4.74 Å². The van der Waals surface area contributed by atoms with Crippen molar-refractivity contribution in [1.29, 1.82) is 0 Å². The summed E-state index contributed by atoms with van der Waals surface area (Å²) in [7, 11) is 0. The third kappa shape index (κ3) is 2.76. The molecule has 2 aliphatic rings. The molecule has 18 heavy (non-hydrogen) atoms. The summed E-state index contributed by atoms with van der Waals surface area (Å²) in [5, 5.41) is 0. The second-order valence-corrected chi connectivity index (χ2v) is 5.48. The molecule has 97 valence electrons. The Morgan fingerprint density at radius 2 is 2.06 bits per heavy atom. The summed E-state index contributed by atoms with van der Waals surface area (Å²) in [5.41, 5.74) is 1.41. The summed E-state index contributed by atoms with van der Waals surface area (Å²) in [5.74, 6) is 0.716. The molecule has 1 saturated carbocycles. The van der Waals surface area contributed by atoms with Crippen molar-refractivity contribution in [1.82, 2.24) is 4.90 Å². The molecule has 2 fully saturated rings. The lowest BCUT2D eigenvalue weighted by Gasteiger charge is -2.39. The van der Waals surface area contributed by atoms with Crippen molar-refractivity contribution in [2.75, 3.05) is 26.3 Å². The summed E-state index contributed by atoms with van der Waals surface area (Å²) in [6.45, 7) is 4.07. The van der Waals surface area contributed by atoms with Crippen molar-refractivity contribution in [3.05, 3.63) is 35.9 Å². The van der Waals surface area contributed by atoms with Gasteiger partial charge in [0.2, 0.25) is 0 Å². The number of benzene rings is 1. The predicted octanol–water partition coefficient (Wildman–Crippen LogP) is 2.85. The van der Waals surface area contributed by atoms with Crippen LogP contribution in [0.3, 0.4) is 0 Å². The first kappa shape index (κ1) is 12.2. The van der Waals surface area contributed by atoms with Gasteiger partial charge >= 0.3 is 0 Å². The van der Waals surface area contributed by atoms with Crippen LogP contribution in [0, 0.1) is 6.07 Å². The number of rotatable bonds is 2. The highest BCUT2D eigenvalue weighted by Crippen LogP contribution is 2.34. The van der Waals surface area contributed by atoms with Crippen molar-refractivity contribution in [2.45, 2.75) is 37.6 Å². The maximum absolute atomic E-state index is 5.45. The van der Waals surface area contributed by atoms with Gasteiger partial charge in [0.25, 0.3) is 0 Å². The molecular formula is C16H22NO. The molecule has 1 aromatic carbocycles. The third-order valence-electron chi connectivity index (χ3n) is 4.38. The van der Waals surface area contributed by atoms with Gasteiger partial charge in [-0.05, 0) is 36.8 Å². The van der Waals surface area contributed by atoms with Crippen LogP contribution in [0.2, 0.25) is 0 Å². The number of hydrogen-bond donors (Lipinski definition) is 0. The van der Waals surface area contributed by atoms with Crippen LogP contribution in [0.15, 0.2) is 24.3 Å². The van der Waals surface area contributed by atoms with Gasteiger partial charge in [0.1, 0.15) is 0 Å². The number of hydrogen-bond acceptors (Lipinski definition) is 2. The Balaban J connectivity index is 1.64. The maximum Gasteiger partial charge on any atom is 0.0594 e. The summed E-state index contributed by atoms with van der Waals surface area (Å²) < 4.78 is 5.45. The van der Waals surface area contributed by atoms with E-state index in [2.05, 4.69) is 29.2 Å². The average molecular weight is 244 g/mol. The zero-order valence-electron chi connectivity index (χ0n) is 11.0. The minimum Gasteiger partial charge on any atom is -0.379 e. The van der Waals surface area contributed by atoms with Crippen molar-refractivity contribution >= 4 is 0 Å². The zero-order valence-corrected chi connectivity index (χ0v) is 11.0. The van der Waals surface area contributed by atoms with E-state index in [-0.39, 0.29) is 0 Å². The van der Waals surface area contributed by atoms with Gasteiger partial charge in [-0.3, -0.25) is 4.90 Å². The Labute approximate surface area is 110 Å². The van der Waals surface area contributed by atoms with E-state index in [1.807, 2.05) is 6.07 Å². The lowest BCUT2D eigenvalue weighted by Crippen LogP contribution is -2.45. The van der Waals surface area contributed by atoms with E-state index in [0.717, 1.165) is 32.3 Å². The Hall–Kier alpha value is -0.860. The Morgan fingerprint density at radius 1 is 1.17 bits per heavy atom. The fraction of sp³-hybridized carbons (Fsp3) is 0.625. The molecule has 0 spiro atoms. The predicted molar refractivity (Wildman–Crippen MR) is 72.7 cm³/mol. The fourth-order valence-electron chi connectivity index (χ4n) is 3.38. The van der Waals surface area contributed by atoms with E-state index in [1.54, 1.807) is 0 Å². The molecule has 0 N–H and O–H groups in total. The fourth-order valence-corrected chi connectivity index (χ4v) is 3.38. The maximum atomic E-state index is 5.45. The van der Waals surface area contributed by atoms with Crippen LogP contribution in [0.1, 0.15) is 37.2 Å². The zero-order chi connectivity index (χ0) is 12.2. The molecule has 1 radical (unpaired) electrons. The van der Waals surface area contributed by atoms with Crippen molar-refractivity contribution in [3.63, 3.8) is 0 Å². The number of ether oxygens (including phenoxy) is 1. The monoisotopic (exact) mass is 244 g/mol. The van der Waals surface area contributed by atoms with Crippen LogP contribution in [0.5, 0.6) is 0 Å². The van der Waals surface area contributed by atoms with E-state index in [1.165, 1.54) is 31.2 Å². The topological polar surface area (TPSA) is 12.5 Å². The first-order valence-corrected chi connectivity index (χ1v) is 7.22. The molecular weight excluding hydrogens is 222 g/mol. The summed E-state index contributed by atoms with van der Waals surface area (Å²) >= 11 is 0. The van der Waals surface area contributed by atoms with Gasteiger partial charge < -0.3 is 4.74 Å². The highest BCUT2D eigenvalue weighted by Gasteiger charge is 2.28. The summed E-state index contributed by atoms with van der Waals surface area (Å²) in [6, 6.07) is 12.7. The number of nitrogens with zero attached hydrogens (tertiary/aromatic N) is 1. The lowest BCUT2D eigenvalue weighted by molar-refractivity contribution is 0.00657. The lowest BCUT2D eigenvalue weighted by atomic mass is 9.81. The Morgan fingerprint density at radius 3 is 2.83 bits per heavy atom. The van der Waals surface area contributed by atoms with Crippen molar-refractivity contribution < 1.29 is 4.74 Å². The van der Waals surface area contributed by atoms with Gasteiger partial charge in [0, 0.05) is 19.1 Å². The quantitative estimate of drug-likeness (QED) is 0.793. The SMILES string of the molecule is [c]1ccccc1C1CCCC(N2CCOCC2)C1. The largest absolute Gasteiger partial charge is 0.379 e. The van der Waals surface area contributed by atoms with Crippen LogP contribution in [-0.4, -0.2) is 37.2 Å². The standard InChI is InChI=1S/C16H22NO/c1-2-5-14(6-3-1)15-7-4-8-16(13-15)17-9-11-18-12-10-17/h1-3,5,15-16H,4,7-13H2. The molecule has 1 aliphatic heterocycles. The van der Waals surface area contributed by atoms with E-state index in [4.69, 9.17) is 4.74 Å². The summed E-state index contributed by atoms with van der Waals surface area (Å²) in [4.78, 5) is 2.64. The second kappa shape index (κ2) is 5.85. The minimum atomic E-state index is 0.716. The van der Waals surface area contributed by atoms with E-state index in [0.29, 0.717) is 5.92 Å². The van der Waals surface area contributed by atoms with Crippen molar-refractivity contribution in [2.24, 2.45) is 0 Å². The van der Waals surface area contributed by atoms with Crippen LogP contribution < -0.4 is 0 Å². The molecule has 1 saturated heterocycles. The van der Waals surface area contributed by atoms with Crippen molar-refractivity contribution in [3.8, 4) is 0 Å². The second-order valence-electron chi connectivity index (χ2n) is 5.48. The van der Waals surface area contributed by atoms with Crippen LogP contribution >= 0.6 is 0 Å². The molecule has 1 aromatic rings. The third-order valence-corrected chi connectivity index (χ3v) is 4.38. The molecule has 2 unspecified atom stereocenters. The van der Waals surface area contributed by atoms with Gasteiger partial charge in [0.15, 0.2) is 0 Å². The number of morpholine rings is 1. The molecule has 2 atom stereocenters. The highest BCUT2D eigenvalue weighted by atomic mass is 16.5. The van der Waals surface area contributed by atoms with Gasteiger partial charge in [-0.2, -0.15) is 0 Å². The molecule has 0 amide bonds. The smallest absolute Gasteiger partial charge is 0.0594 e. The van der Waals surface area contributed by atoms with E-state index in [9.17, 15) is 0 Å². The normalized spacial score (nSPS) is 30.2. The first-order valence-electron chi connectivity index (χ1n) is 7.22. The molecule has 0 aromatic heterocycles. The van der Waals surface area contributed by atoms with Crippen LogP contribution in [0.4, 0.5) is 0 Å². The summed E-state index contributed by atoms with van der Waals surface area (Å²) in [6.07, 6.45) is 5.36. The minimum absolute atomic E-state index is 0.716. The van der Waals surface area contributed by atoms with E-state index >= 15 is 0 Å². The molecule has 2 heteroatoms. The Kier molecular flexibility index (Phi) is 3.96. The first-order chi connectivity index (χ1) is 8.93. The van der Waals surface area contributed by atoms with E-state index < -0.39 is 0 Å². The Bertz CT molecular complexity index is 359. The molecule has 0 bridgehead atoms. The van der Waals surface area contributed by atoms with Gasteiger partial charge in [-0.1, -0.05) is 30.7 Å². The van der Waals surface area contributed by atoms with Crippen LogP contribution in [0.25, 0.3) is 0 Å². The van der Waals surface area contributed by atoms with Gasteiger partial charge in [0.05, 0.1) is 13.2 Å². The van der Waals surface area contributed by atoms with Gasteiger partial charge in [-0.25, -0.2) is 0 Å². The molecule has 3 rings (SSSR count). The van der Waals surface area contributed by atoms with Gasteiger partial charge in [-0.15, -0.1) is 0 Å². The molecule has 1 heterocycles. The highest BCUT2D eigenvalue weighted by molar-refractivity contribution is 5.19. The molecule has 2 nitrogen and oxygen atoms in total.